The summed E-state index contributed by atoms with van der Waals surface area (Å²) >= 11 is 0. The lowest BCUT2D eigenvalue weighted by atomic mass is 10.00. The summed E-state index contributed by atoms with van der Waals surface area (Å²) < 4.78 is 22.7. The number of nitrogens with two attached hydrogens (primary N) is 1. The van der Waals surface area contributed by atoms with Crippen LogP contribution in [0.25, 0.3) is 0 Å². The second kappa shape index (κ2) is 3.69. The first-order valence-corrected chi connectivity index (χ1v) is 5.45. The molecular weight excluding hydrogens is 178 g/mol. The molecule has 0 atom stereocenters. The Kier molecular flexibility index (Phi) is 3.05. The summed E-state index contributed by atoms with van der Waals surface area (Å²) in [5.74, 6) is 0.620. The number of hydrogen-bond donors (Lipinski definition) is 2. The van der Waals surface area contributed by atoms with Crippen LogP contribution in [0, 0.1) is 5.92 Å². The summed E-state index contributed by atoms with van der Waals surface area (Å²) in [5.41, 5.74) is 0. The fraction of sp³-hybridized carbons (Fsp3) is 1.00. The van der Waals surface area contributed by atoms with Crippen LogP contribution in [0.3, 0.4) is 0 Å². The zero-order valence-electron chi connectivity index (χ0n) is 7.16. The first-order chi connectivity index (χ1) is 5.50. The Labute approximate surface area is 73.1 Å². The third-order valence-electron chi connectivity index (χ3n) is 2.15. The van der Waals surface area contributed by atoms with E-state index >= 15 is 0 Å². The SMILES string of the molecule is CN(CCC1CNC1)S(N)(=O)=O. The van der Waals surface area contributed by atoms with Crippen molar-refractivity contribution in [1.82, 2.24) is 9.62 Å². The molecule has 0 unspecified atom stereocenters. The van der Waals surface area contributed by atoms with Gasteiger partial charge in [0.05, 0.1) is 0 Å². The fourth-order valence-electron chi connectivity index (χ4n) is 1.04. The van der Waals surface area contributed by atoms with Gasteiger partial charge in [-0.1, -0.05) is 0 Å². The van der Waals surface area contributed by atoms with Gasteiger partial charge in [0, 0.05) is 13.6 Å². The van der Waals surface area contributed by atoms with Crippen molar-refractivity contribution in [2.45, 2.75) is 6.42 Å². The molecule has 72 valence electrons. The highest BCUT2D eigenvalue weighted by Gasteiger charge is 2.19. The maximum absolute atomic E-state index is 10.7. The third kappa shape index (κ3) is 2.71. The molecule has 3 N–H and O–H groups in total. The van der Waals surface area contributed by atoms with Gasteiger partial charge in [0.25, 0.3) is 10.2 Å². The molecule has 1 fully saturated rings. The Balaban J connectivity index is 2.22. The molecule has 1 rings (SSSR count). The summed E-state index contributed by atoms with van der Waals surface area (Å²) in [6.45, 7) is 2.52. The first kappa shape index (κ1) is 9.91. The Morgan fingerprint density at radius 1 is 1.58 bits per heavy atom. The predicted octanol–water partition coefficient (Wildman–Crippen LogP) is -1.27. The lowest BCUT2D eigenvalue weighted by Crippen LogP contribution is -2.44. The van der Waals surface area contributed by atoms with Crippen molar-refractivity contribution in [2.24, 2.45) is 11.1 Å². The van der Waals surface area contributed by atoms with Crippen LogP contribution in [0.5, 0.6) is 0 Å². The normalized spacial score (nSPS) is 19.6. The van der Waals surface area contributed by atoms with Crippen LogP contribution in [-0.2, 0) is 10.2 Å². The van der Waals surface area contributed by atoms with Gasteiger partial charge in [-0.05, 0) is 25.4 Å². The highest BCUT2D eigenvalue weighted by atomic mass is 32.2. The van der Waals surface area contributed by atoms with Gasteiger partial charge in [-0.2, -0.15) is 12.7 Å². The molecule has 0 radical (unpaired) electrons. The summed E-state index contributed by atoms with van der Waals surface area (Å²) in [4.78, 5) is 0. The lowest BCUT2D eigenvalue weighted by Gasteiger charge is -2.28. The minimum Gasteiger partial charge on any atom is -0.316 e. The van der Waals surface area contributed by atoms with Gasteiger partial charge >= 0.3 is 0 Å². The maximum Gasteiger partial charge on any atom is 0.276 e. The molecule has 1 aliphatic rings. The van der Waals surface area contributed by atoms with E-state index < -0.39 is 10.2 Å². The van der Waals surface area contributed by atoms with Crippen LogP contribution in [0.2, 0.25) is 0 Å². The average molecular weight is 193 g/mol. The van der Waals surface area contributed by atoms with E-state index in [-0.39, 0.29) is 0 Å². The Hall–Kier alpha value is -0.170. The van der Waals surface area contributed by atoms with Crippen molar-refractivity contribution >= 4 is 10.2 Å². The van der Waals surface area contributed by atoms with Crippen molar-refractivity contribution < 1.29 is 8.42 Å². The van der Waals surface area contributed by atoms with Crippen LogP contribution >= 0.6 is 0 Å². The quantitative estimate of drug-likeness (QED) is 0.584. The zero-order valence-corrected chi connectivity index (χ0v) is 7.97. The monoisotopic (exact) mass is 193 g/mol. The zero-order chi connectivity index (χ0) is 9.19. The van der Waals surface area contributed by atoms with Gasteiger partial charge in [0.15, 0.2) is 0 Å². The summed E-state index contributed by atoms with van der Waals surface area (Å²) in [7, 11) is -1.97. The van der Waals surface area contributed by atoms with Gasteiger partial charge in [-0.3, -0.25) is 0 Å². The smallest absolute Gasteiger partial charge is 0.276 e. The Bertz CT molecular complexity index is 235. The molecule has 12 heavy (non-hydrogen) atoms. The molecular formula is C6H15N3O2S. The van der Waals surface area contributed by atoms with Gasteiger partial charge in [-0.15, -0.1) is 0 Å². The number of nitrogens with one attached hydrogen (secondary N) is 1. The van der Waals surface area contributed by atoms with Crippen molar-refractivity contribution in [1.29, 1.82) is 0 Å². The van der Waals surface area contributed by atoms with E-state index in [4.69, 9.17) is 5.14 Å². The molecule has 1 aliphatic heterocycles. The van der Waals surface area contributed by atoms with E-state index in [1.54, 1.807) is 0 Å². The molecule has 5 nitrogen and oxygen atoms in total. The fourth-order valence-corrected chi connectivity index (χ4v) is 1.40. The van der Waals surface area contributed by atoms with Crippen LogP contribution < -0.4 is 10.5 Å². The molecule has 0 aromatic heterocycles. The summed E-state index contributed by atoms with van der Waals surface area (Å²) in [5, 5.41) is 8.03. The van der Waals surface area contributed by atoms with Crippen molar-refractivity contribution in [3.05, 3.63) is 0 Å². The molecule has 0 amide bonds. The minimum absolute atomic E-state index is 0.519. The van der Waals surface area contributed by atoms with Crippen LogP contribution in [0.15, 0.2) is 0 Å². The summed E-state index contributed by atoms with van der Waals surface area (Å²) in [6, 6.07) is 0. The molecule has 0 aliphatic carbocycles. The van der Waals surface area contributed by atoms with Crippen LogP contribution in [0.1, 0.15) is 6.42 Å². The highest BCUT2D eigenvalue weighted by molar-refractivity contribution is 7.86. The van der Waals surface area contributed by atoms with E-state index in [1.807, 2.05) is 0 Å². The summed E-state index contributed by atoms with van der Waals surface area (Å²) in [6.07, 6.45) is 0.889. The first-order valence-electron chi connectivity index (χ1n) is 3.95. The van der Waals surface area contributed by atoms with E-state index in [0.717, 1.165) is 19.5 Å². The standard InChI is InChI=1S/C6H15N3O2S/c1-9(12(7,10)11)3-2-6-4-8-5-6/h6,8H,2-5H2,1H3,(H2,7,10,11). The van der Waals surface area contributed by atoms with Crippen molar-refractivity contribution in [2.75, 3.05) is 26.7 Å². The largest absolute Gasteiger partial charge is 0.316 e. The Morgan fingerprint density at radius 2 is 2.17 bits per heavy atom. The predicted molar refractivity (Wildman–Crippen MR) is 46.7 cm³/mol. The molecule has 0 spiro atoms. The van der Waals surface area contributed by atoms with Crippen LogP contribution in [-0.4, -0.2) is 39.4 Å². The minimum atomic E-state index is -3.47. The van der Waals surface area contributed by atoms with E-state index in [0.29, 0.717) is 12.5 Å². The molecule has 1 heterocycles. The second-order valence-electron chi connectivity index (χ2n) is 3.18. The maximum atomic E-state index is 10.7. The highest BCUT2D eigenvalue weighted by Crippen LogP contribution is 2.08. The van der Waals surface area contributed by atoms with Gasteiger partial charge in [-0.25, -0.2) is 5.14 Å². The third-order valence-corrected chi connectivity index (χ3v) is 3.20. The van der Waals surface area contributed by atoms with E-state index in [1.165, 1.54) is 11.4 Å². The van der Waals surface area contributed by atoms with Gasteiger partial charge in [0.1, 0.15) is 0 Å². The number of rotatable bonds is 4. The van der Waals surface area contributed by atoms with E-state index in [9.17, 15) is 8.42 Å². The van der Waals surface area contributed by atoms with Gasteiger partial charge in [0.2, 0.25) is 0 Å². The van der Waals surface area contributed by atoms with Gasteiger partial charge < -0.3 is 5.32 Å². The lowest BCUT2D eigenvalue weighted by molar-refractivity contribution is 0.303. The molecule has 6 heteroatoms. The molecule has 0 aromatic rings. The van der Waals surface area contributed by atoms with Crippen molar-refractivity contribution in [3.8, 4) is 0 Å². The average Bonchev–Trinajstić information content (AvgIpc) is 1.81. The number of hydrogen-bond acceptors (Lipinski definition) is 3. The topological polar surface area (TPSA) is 75.4 Å². The molecule has 0 saturated carbocycles. The molecule has 0 bridgehead atoms. The van der Waals surface area contributed by atoms with Crippen LogP contribution in [0.4, 0.5) is 0 Å². The second-order valence-corrected chi connectivity index (χ2v) is 4.83. The van der Waals surface area contributed by atoms with E-state index in [2.05, 4.69) is 5.32 Å². The molecule has 1 saturated heterocycles. The molecule has 0 aromatic carbocycles. The van der Waals surface area contributed by atoms with Crippen molar-refractivity contribution in [3.63, 3.8) is 0 Å². The number of nitrogens with zero attached hydrogens (tertiary/aromatic N) is 1. The Morgan fingerprint density at radius 3 is 2.50 bits per heavy atom.